The largest absolute Gasteiger partial charge is 0.239 e. The summed E-state index contributed by atoms with van der Waals surface area (Å²) in [5, 5.41) is 0. The molecule has 0 aliphatic rings. The Kier molecular flexibility index (Phi) is 3.70. The molecule has 0 N–H and O–H groups in total. The van der Waals surface area contributed by atoms with Crippen LogP contribution in [0.25, 0.3) is 0 Å². The van der Waals surface area contributed by atoms with Crippen LogP contribution in [0.3, 0.4) is 0 Å². The van der Waals surface area contributed by atoms with Gasteiger partial charge in [0, 0.05) is 13.0 Å². The summed E-state index contributed by atoms with van der Waals surface area (Å²) in [6.07, 6.45) is 3.96. The van der Waals surface area contributed by atoms with Crippen molar-refractivity contribution < 1.29 is 4.58 Å². The van der Waals surface area contributed by atoms with Gasteiger partial charge in [-0.2, -0.15) is 0 Å². The Balaban J connectivity index is 4.42. The third-order valence-corrected chi connectivity index (χ3v) is 1.46. The van der Waals surface area contributed by atoms with Gasteiger partial charge >= 0.3 is 0 Å². The third-order valence-electron chi connectivity index (χ3n) is 1.46. The smallest absolute Gasteiger partial charge is 0.172 e. The highest BCUT2D eigenvalue weighted by Gasteiger charge is 1.93. The minimum atomic E-state index is 1.20. The fourth-order valence-electron chi connectivity index (χ4n) is 0.518. The molecule has 0 amide bonds. The summed E-state index contributed by atoms with van der Waals surface area (Å²) in [7, 11) is 4.06. The Labute approximate surface area is 63.4 Å². The molecule has 0 heterocycles. The highest BCUT2D eigenvalue weighted by atomic mass is 14.9. The Bertz CT molecular complexity index is 181. The molecule has 0 fully saturated rings. The number of rotatable bonds is 2. The summed E-state index contributed by atoms with van der Waals surface area (Å²) in [5.74, 6) is 0. The molecule has 56 valence electrons. The van der Waals surface area contributed by atoms with E-state index in [0.717, 1.165) is 0 Å². The van der Waals surface area contributed by atoms with Crippen molar-refractivity contribution in [3.8, 4) is 0 Å². The lowest BCUT2D eigenvalue weighted by Gasteiger charge is -1.91. The number of nitrogens with zero attached hydrogens (tertiary/aromatic N) is 1. The molecule has 10 heavy (non-hydrogen) atoms. The van der Waals surface area contributed by atoms with Crippen LogP contribution in [0, 0.1) is 0 Å². The first-order valence-electron chi connectivity index (χ1n) is 3.39. The molecule has 0 aliphatic heterocycles. The SMILES string of the molecule is C=CC(C)=CC(C)=[N+](C)C. The van der Waals surface area contributed by atoms with Crippen LogP contribution >= 0.6 is 0 Å². The second-order valence-electron chi connectivity index (χ2n) is 2.63. The molecule has 0 aromatic rings. The summed E-state index contributed by atoms with van der Waals surface area (Å²) < 4.78 is 2.08. The number of hydrogen-bond donors (Lipinski definition) is 0. The predicted molar refractivity (Wildman–Crippen MR) is 46.7 cm³/mol. The van der Waals surface area contributed by atoms with Gasteiger partial charge in [-0.1, -0.05) is 12.7 Å². The average molecular weight is 138 g/mol. The first kappa shape index (κ1) is 9.15. The molecule has 0 saturated carbocycles. The molecular weight excluding hydrogens is 122 g/mol. The van der Waals surface area contributed by atoms with E-state index in [1.807, 2.05) is 27.1 Å². The standard InChI is InChI=1S/C9H16N/c1-6-8(2)7-9(3)10(4)5/h6-7H,1H2,2-5H3/q+1. The molecule has 0 radical (unpaired) electrons. The van der Waals surface area contributed by atoms with E-state index in [2.05, 4.69) is 24.2 Å². The molecule has 0 aliphatic carbocycles. The zero-order valence-electron chi connectivity index (χ0n) is 7.31. The minimum Gasteiger partial charge on any atom is -0.239 e. The molecule has 1 heteroatoms. The van der Waals surface area contributed by atoms with Crippen molar-refractivity contribution in [2.45, 2.75) is 13.8 Å². The Morgan fingerprint density at radius 1 is 1.30 bits per heavy atom. The van der Waals surface area contributed by atoms with Gasteiger partial charge in [0.1, 0.15) is 14.1 Å². The van der Waals surface area contributed by atoms with E-state index in [1.54, 1.807) is 0 Å². The van der Waals surface area contributed by atoms with Crippen LogP contribution in [0.5, 0.6) is 0 Å². The van der Waals surface area contributed by atoms with Crippen molar-refractivity contribution in [1.82, 2.24) is 0 Å². The number of hydrogen-bond acceptors (Lipinski definition) is 0. The van der Waals surface area contributed by atoms with Gasteiger partial charge in [0.2, 0.25) is 0 Å². The molecule has 0 spiro atoms. The van der Waals surface area contributed by atoms with Gasteiger partial charge in [0.25, 0.3) is 0 Å². The van der Waals surface area contributed by atoms with E-state index in [9.17, 15) is 0 Å². The summed E-state index contributed by atoms with van der Waals surface area (Å²) in [5.41, 5.74) is 2.45. The topological polar surface area (TPSA) is 3.01 Å². The van der Waals surface area contributed by atoms with Gasteiger partial charge < -0.3 is 0 Å². The van der Waals surface area contributed by atoms with Crippen LogP contribution in [0.15, 0.2) is 24.3 Å². The van der Waals surface area contributed by atoms with Crippen molar-refractivity contribution in [2.75, 3.05) is 14.1 Å². The quantitative estimate of drug-likeness (QED) is 0.311. The lowest BCUT2D eigenvalue weighted by atomic mass is 10.2. The van der Waals surface area contributed by atoms with E-state index >= 15 is 0 Å². The predicted octanol–water partition coefficient (Wildman–Crippen LogP) is 1.85. The van der Waals surface area contributed by atoms with E-state index in [1.165, 1.54) is 11.3 Å². The van der Waals surface area contributed by atoms with Crippen molar-refractivity contribution in [1.29, 1.82) is 0 Å². The van der Waals surface area contributed by atoms with Crippen molar-refractivity contribution >= 4 is 5.71 Å². The molecule has 0 unspecified atom stereocenters. The zero-order chi connectivity index (χ0) is 8.15. The molecule has 0 bridgehead atoms. The maximum atomic E-state index is 3.67. The lowest BCUT2D eigenvalue weighted by Crippen LogP contribution is -2.06. The van der Waals surface area contributed by atoms with Crippen LogP contribution in [0.1, 0.15) is 13.8 Å². The molecule has 0 saturated heterocycles. The summed E-state index contributed by atoms with van der Waals surface area (Å²) in [6, 6.07) is 0. The normalized spacial score (nSPS) is 11.0. The zero-order valence-corrected chi connectivity index (χ0v) is 7.31. The van der Waals surface area contributed by atoms with E-state index in [4.69, 9.17) is 0 Å². The van der Waals surface area contributed by atoms with Crippen LogP contribution in [-0.2, 0) is 0 Å². The van der Waals surface area contributed by atoms with Crippen LogP contribution in [0.2, 0.25) is 0 Å². The van der Waals surface area contributed by atoms with Crippen molar-refractivity contribution in [2.24, 2.45) is 0 Å². The average Bonchev–Trinajstić information content (AvgIpc) is 1.87. The molecule has 1 nitrogen and oxygen atoms in total. The molecule has 0 rings (SSSR count). The molecular formula is C9H16N+. The monoisotopic (exact) mass is 138 g/mol. The highest BCUT2D eigenvalue weighted by molar-refractivity contribution is 5.89. The highest BCUT2D eigenvalue weighted by Crippen LogP contribution is 1.92. The van der Waals surface area contributed by atoms with Gasteiger partial charge in [-0.15, -0.1) is 0 Å². The summed E-state index contributed by atoms with van der Waals surface area (Å²) in [4.78, 5) is 0. The van der Waals surface area contributed by atoms with Crippen LogP contribution < -0.4 is 0 Å². The van der Waals surface area contributed by atoms with E-state index < -0.39 is 0 Å². The Morgan fingerprint density at radius 3 is 2.10 bits per heavy atom. The van der Waals surface area contributed by atoms with Gasteiger partial charge in [-0.3, -0.25) is 0 Å². The first-order valence-corrected chi connectivity index (χ1v) is 3.39. The Hall–Kier alpha value is -0.850. The third kappa shape index (κ3) is 3.23. The molecule has 0 atom stereocenters. The summed E-state index contributed by atoms with van der Waals surface area (Å²) in [6.45, 7) is 7.79. The number of allylic oxidation sites excluding steroid dienone is 3. The second-order valence-corrected chi connectivity index (χ2v) is 2.63. The van der Waals surface area contributed by atoms with Gasteiger partial charge in [0.05, 0.1) is 0 Å². The second kappa shape index (κ2) is 4.04. The van der Waals surface area contributed by atoms with Crippen molar-refractivity contribution in [3.63, 3.8) is 0 Å². The van der Waals surface area contributed by atoms with E-state index in [0.29, 0.717) is 0 Å². The molecule has 0 aromatic carbocycles. The molecule has 0 aromatic heterocycles. The van der Waals surface area contributed by atoms with Crippen LogP contribution in [0.4, 0.5) is 0 Å². The van der Waals surface area contributed by atoms with Gasteiger partial charge in [0.15, 0.2) is 5.71 Å². The van der Waals surface area contributed by atoms with Crippen LogP contribution in [-0.4, -0.2) is 24.4 Å². The van der Waals surface area contributed by atoms with E-state index in [-0.39, 0.29) is 0 Å². The fraction of sp³-hybridized carbons (Fsp3) is 0.444. The summed E-state index contributed by atoms with van der Waals surface area (Å²) >= 11 is 0. The van der Waals surface area contributed by atoms with Crippen molar-refractivity contribution in [3.05, 3.63) is 24.3 Å². The van der Waals surface area contributed by atoms with Gasteiger partial charge in [-0.05, 0) is 12.5 Å². The maximum absolute atomic E-state index is 3.67. The fourth-order valence-corrected chi connectivity index (χ4v) is 0.518. The lowest BCUT2D eigenvalue weighted by molar-refractivity contribution is -0.464. The Morgan fingerprint density at radius 2 is 1.80 bits per heavy atom. The first-order chi connectivity index (χ1) is 4.57. The maximum Gasteiger partial charge on any atom is 0.172 e. The van der Waals surface area contributed by atoms with Gasteiger partial charge in [-0.25, -0.2) is 4.58 Å². The minimum absolute atomic E-state index is 1.20.